The predicted octanol–water partition coefficient (Wildman–Crippen LogP) is 4.25. The quantitative estimate of drug-likeness (QED) is 0.782. The van der Waals surface area contributed by atoms with E-state index in [-0.39, 0.29) is 6.61 Å². The molecule has 0 aliphatic heterocycles. The minimum Gasteiger partial charge on any atom is -0.392 e. The molecule has 1 N–H and O–H groups in total. The molecule has 1 heterocycles. The van der Waals surface area contributed by atoms with Crippen molar-refractivity contribution in [3.63, 3.8) is 0 Å². The van der Waals surface area contributed by atoms with Crippen LogP contribution in [0.4, 0.5) is 0 Å². The molecule has 1 aromatic heterocycles. The lowest BCUT2D eigenvalue weighted by Crippen LogP contribution is -1.86. The Morgan fingerprint density at radius 2 is 2.05 bits per heavy atom. The normalized spacial score (nSPS) is 11.1. The van der Waals surface area contributed by atoms with Crippen molar-refractivity contribution in [1.29, 1.82) is 0 Å². The monoisotopic (exact) mass is 287 g/mol. The first-order valence-corrected chi connectivity index (χ1v) is 7.63. The molecule has 0 spiro atoms. The molecule has 0 amide bonds. The Labute approximate surface area is 120 Å². The first-order chi connectivity index (χ1) is 9.26. The van der Waals surface area contributed by atoms with E-state index in [0.29, 0.717) is 0 Å². The maximum absolute atomic E-state index is 9.12. The van der Waals surface area contributed by atoms with Gasteiger partial charge in [-0.1, -0.05) is 36.0 Å². The molecule has 19 heavy (non-hydrogen) atoms. The van der Waals surface area contributed by atoms with Crippen molar-refractivity contribution in [3.05, 3.63) is 53.6 Å². The van der Waals surface area contributed by atoms with Gasteiger partial charge in [0.2, 0.25) is 0 Å². The summed E-state index contributed by atoms with van der Waals surface area (Å²) >= 11 is 3.40. The standard InChI is InChI=1S/C15H13NOS2/c1-10-8-11(9-17)6-7-13(10)18-15-16-12-4-2-3-5-14(12)19-15/h2-8,17H,9H2,1H3. The van der Waals surface area contributed by atoms with Crippen LogP contribution in [0.25, 0.3) is 10.2 Å². The minimum atomic E-state index is 0.0902. The maximum Gasteiger partial charge on any atom is 0.155 e. The van der Waals surface area contributed by atoms with E-state index < -0.39 is 0 Å². The SMILES string of the molecule is Cc1cc(CO)ccc1Sc1nc2ccccc2s1. The Kier molecular flexibility index (Phi) is 3.55. The highest BCUT2D eigenvalue weighted by molar-refractivity contribution is 8.01. The summed E-state index contributed by atoms with van der Waals surface area (Å²) in [4.78, 5) is 5.81. The molecule has 0 fully saturated rings. The fourth-order valence-corrected chi connectivity index (χ4v) is 4.00. The van der Waals surface area contributed by atoms with Gasteiger partial charge in [0, 0.05) is 4.90 Å². The Hall–Kier alpha value is -1.36. The van der Waals surface area contributed by atoms with Crippen LogP contribution >= 0.6 is 23.1 Å². The van der Waals surface area contributed by atoms with Gasteiger partial charge in [0.15, 0.2) is 4.34 Å². The largest absolute Gasteiger partial charge is 0.392 e. The van der Waals surface area contributed by atoms with Crippen molar-refractivity contribution in [2.24, 2.45) is 0 Å². The summed E-state index contributed by atoms with van der Waals surface area (Å²) in [5, 5.41) is 9.12. The smallest absolute Gasteiger partial charge is 0.155 e. The highest BCUT2D eigenvalue weighted by Gasteiger charge is 2.07. The van der Waals surface area contributed by atoms with Gasteiger partial charge in [-0.05, 0) is 36.2 Å². The van der Waals surface area contributed by atoms with Crippen molar-refractivity contribution in [2.45, 2.75) is 22.8 Å². The number of hydrogen-bond acceptors (Lipinski definition) is 4. The van der Waals surface area contributed by atoms with Crippen LogP contribution in [0, 0.1) is 6.92 Å². The van der Waals surface area contributed by atoms with E-state index in [4.69, 9.17) is 5.11 Å². The molecule has 0 saturated heterocycles. The van der Waals surface area contributed by atoms with Gasteiger partial charge < -0.3 is 5.11 Å². The molecule has 0 bridgehead atoms. The number of hydrogen-bond donors (Lipinski definition) is 1. The summed E-state index contributed by atoms with van der Waals surface area (Å²) in [6, 6.07) is 14.2. The summed E-state index contributed by atoms with van der Waals surface area (Å²) in [5.41, 5.74) is 3.18. The summed E-state index contributed by atoms with van der Waals surface area (Å²) in [5.74, 6) is 0. The summed E-state index contributed by atoms with van der Waals surface area (Å²) in [7, 11) is 0. The number of aromatic nitrogens is 1. The van der Waals surface area contributed by atoms with Crippen molar-refractivity contribution in [1.82, 2.24) is 4.98 Å². The Balaban J connectivity index is 1.92. The first-order valence-electron chi connectivity index (χ1n) is 6.00. The van der Waals surface area contributed by atoms with Crippen molar-refractivity contribution in [3.8, 4) is 0 Å². The molecule has 0 atom stereocenters. The van der Waals surface area contributed by atoms with Crippen LogP contribution in [0.5, 0.6) is 0 Å². The second-order valence-electron chi connectivity index (χ2n) is 4.31. The molecule has 4 heteroatoms. The van der Waals surface area contributed by atoms with Crippen LogP contribution in [0.15, 0.2) is 51.7 Å². The van der Waals surface area contributed by atoms with Gasteiger partial charge in [0.05, 0.1) is 16.8 Å². The summed E-state index contributed by atoms with van der Waals surface area (Å²) in [6.45, 7) is 2.15. The van der Waals surface area contributed by atoms with Gasteiger partial charge in [0.1, 0.15) is 0 Å². The third-order valence-corrected chi connectivity index (χ3v) is 5.17. The fraction of sp³-hybridized carbons (Fsp3) is 0.133. The zero-order valence-corrected chi connectivity index (χ0v) is 12.1. The lowest BCUT2D eigenvalue weighted by Gasteiger charge is -2.04. The third-order valence-electron chi connectivity index (χ3n) is 2.89. The van der Waals surface area contributed by atoms with E-state index >= 15 is 0 Å². The van der Waals surface area contributed by atoms with E-state index in [0.717, 1.165) is 15.4 Å². The zero-order valence-electron chi connectivity index (χ0n) is 10.5. The Morgan fingerprint density at radius 3 is 2.79 bits per heavy atom. The first kappa shape index (κ1) is 12.7. The molecule has 0 aliphatic carbocycles. The van der Waals surface area contributed by atoms with Crippen molar-refractivity contribution in [2.75, 3.05) is 0 Å². The number of aryl methyl sites for hydroxylation is 1. The van der Waals surface area contributed by atoms with E-state index in [1.54, 1.807) is 23.1 Å². The number of aliphatic hydroxyl groups is 1. The number of fused-ring (bicyclic) bond motifs is 1. The van der Waals surface area contributed by atoms with Crippen LogP contribution < -0.4 is 0 Å². The van der Waals surface area contributed by atoms with Crippen molar-refractivity contribution >= 4 is 33.3 Å². The van der Waals surface area contributed by atoms with E-state index in [2.05, 4.69) is 24.0 Å². The number of para-hydroxylation sites is 1. The van der Waals surface area contributed by atoms with Gasteiger partial charge in [-0.2, -0.15) is 0 Å². The van der Waals surface area contributed by atoms with E-state index in [9.17, 15) is 0 Å². The molecule has 0 saturated carbocycles. The maximum atomic E-state index is 9.12. The molecular formula is C15H13NOS2. The van der Waals surface area contributed by atoms with E-state index in [1.807, 2.05) is 30.3 Å². The van der Waals surface area contributed by atoms with Crippen molar-refractivity contribution < 1.29 is 5.11 Å². The molecule has 0 aliphatic rings. The lowest BCUT2D eigenvalue weighted by molar-refractivity contribution is 0.281. The predicted molar refractivity (Wildman–Crippen MR) is 80.8 cm³/mol. The molecule has 3 rings (SSSR count). The van der Waals surface area contributed by atoms with Gasteiger partial charge >= 0.3 is 0 Å². The number of nitrogens with zero attached hydrogens (tertiary/aromatic N) is 1. The highest BCUT2D eigenvalue weighted by Crippen LogP contribution is 2.35. The van der Waals surface area contributed by atoms with Gasteiger partial charge in [-0.3, -0.25) is 0 Å². The van der Waals surface area contributed by atoms with Crippen LogP contribution in [-0.4, -0.2) is 10.1 Å². The summed E-state index contributed by atoms with van der Waals surface area (Å²) < 4.78 is 2.27. The molecule has 3 aromatic rings. The number of thiazole rings is 1. The van der Waals surface area contributed by atoms with Crippen LogP contribution in [0.3, 0.4) is 0 Å². The summed E-state index contributed by atoms with van der Waals surface area (Å²) in [6.07, 6.45) is 0. The van der Waals surface area contributed by atoms with Gasteiger partial charge in [-0.15, -0.1) is 11.3 Å². The second kappa shape index (κ2) is 5.33. The van der Waals surface area contributed by atoms with Gasteiger partial charge in [-0.25, -0.2) is 4.98 Å². The average Bonchev–Trinajstić information content (AvgIpc) is 2.83. The van der Waals surface area contributed by atoms with Crippen LogP contribution in [-0.2, 0) is 6.61 Å². The molecular weight excluding hydrogens is 274 g/mol. The molecule has 96 valence electrons. The highest BCUT2D eigenvalue weighted by atomic mass is 32.2. The molecule has 0 radical (unpaired) electrons. The van der Waals surface area contributed by atoms with Gasteiger partial charge in [0.25, 0.3) is 0 Å². The second-order valence-corrected chi connectivity index (χ2v) is 6.63. The number of rotatable bonds is 3. The Morgan fingerprint density at radius 1 is 1.21 bits per heavy atom. The Bertz CT molecular complexity index is 688. The molecule has 2 nitrogen and oxygen atoms in total. The fourth-order valence-electron chi connectivity index (χ4n) is 1.91. The topological polar surface area (TPSA) is 33.1 Å². The zero-order chi connectivity index (χ0) is 13.2. The molecule has 2 aromatic carbocycles. The van der Waals surface area contributed by atoms with Crippen LogP contribution in [0.2, 0.25) is 0 Å². The molecule has 0 unspecified atom stereocenters. The van der Waals surface area contributed by atoms with Crippen LogP contribution in [0.1, 0.15) is 11.1 Å². The lowest BCUT2D eigenvalue weighted by atomic mass is 10.1. The average molecular weight is 287 g/mol. The number of benzene rings is 2. The third kappa shape index (κ3) is 2.66. The minimum absolute atomic E-state index is 0.0902. The van der Waals surface area contributed by atoms with E-state index in [1.165, 1.54) is 15.2 Å². The number of aliphatic hydroxyl groups excluding tert-OH is 1.